The lowest BCUT2D eigenvalue weighted by molar-refractivity contribution is -0.268. The average molecular weight is 453 g/mol. The Labute approximate surface area is 189 Å². The number of aliphatic hydroxyl groups is 3. The monoisotopic (exact) mass is 452 g/mol. The summed E-state index contributed by atoms with van der Waals surface area (Å²) in [6.45, 7) is 12.2. The van der Waals surface area contributed by atoms with Gasteiger partial charge in [0, 0.05) is 31.6 Å². The molecule has 0 aromatic rings. The minimum absolute atomic E-state index is 0.103. The van der Waals surface area contributed by atoms with Crippen LogP contribution in [-0.4, -0.2) is 64.1 Å². The summed E-state index contributed by atoms with van der Waals surface area (Å²) in [5, 5.41) is 33.1. The fourth-order valence-corrected chi connectivity index (χ4v) is 5.71. The minimum Gasteiger partial charge on any atom is -0.458 e. The Morgan fingerprint density at radius 2 is 1.78 bits per heavy atom. The Balaban J connectivity index is 2.22. The van der Waals surface area contributed by atoms with Gasteiger partial charge in [-0.05, 0) is 48.8 Å². The van der Waals surface area contributed by atoms with Gasteiger partial charge in [-0.15, -0.1) is 0 Å². The van der Waals surface area contributed by atoms with Crippen LogP contribution < -0.4 is 0 Å². The second kappa shape index (κ2) is 8.89. The number of rotatable bonds is 2. The number of hydrogen-bond donors (Lipinski definition) is 3. The topological polar surface area (TPSA) is 123 Å². The number of esters is 2. The second-order valence-electron chi connectivity index (χ2n) is 9.94. The van der Waals surface area contributed by atoms with E-state index in [0.29, 0.717) is 29.6 Å². The van der Waals surface area contributed by atoms with Crippen molar-refractivity contribution < 1.29 is 39.1 Å². The van der Waals surface area contributed by atoms with Crippen molar-refractivity contribution in [3.05, 3.63) is 23.3 Å². The van der Waals surface area contributed by atoms with Crippen LogP contribution >= 0.6 is 0 Å². The van der Waals surface area contributed by atoms with Crippen LogP contribution in [-0.2, 0) is 23.8 Å². The van der Waals surface area contributed by atoms with Gasteiger partial charge < -0.3 is 29.5 Å². The maximum Gasteiger partial charge on any atom is 0.303 e. The first-order valence-electron chi connectivity index (χ1n) is 11.3. The van der Waals surface area contributed by atoms with E-state index in [9.17, 15) is 24.9 Å². The predicted octanol–water partition coefficient (Wildman–Crippen LogP) is 2.01. The lowest BCUT2D eigenvalue weighted by atomic mass is 9.56. The quantitative estimate of drug-likeness (QED) is 0.430. The number of aliphatic hydroxyl groups excluding tert-OH is 2. The molecule has 4 rings (SSSR count). The predicted molar refractivity (Wildman–Crippen MR) is 115 cm³/mol. The van der Waals surface area contributed by atoms with Crippen molar-refractivity contribution in [2.45, 2.75) is 90.5 Å². The lowest BCUT2D eigenvalue weighted by Crippen LogP contribution is -2.62. The van der Waals surface area contributed by atoms with Crippen molar-refractivity contribution in [2.75, 3.05) is 6.61 Å². The molecule has 4 bridgehead atoms. The maximum atomic E-state index is 12.2. The third-order valence-electron chi connectivity index (χ3n) is 7.57. The summed E-state index contributed by atoms with van der Waals surface area (Å²) in [7, 11) is 0. The normalized spacial score (nSPS) is 42.7. The Bertz CT molecular complexity index is 819. The molecule has 1 unspecified atom stereocenters. The third-order valence-corrected chi connectivity index (χ3v) is 7.57. The summed E-state index contributed by atoms with van der Waals surface area (Å²) in [6, 6.07) is 0. The van der Waals surface area contributed by atoms with E-state index in [4.69, 9.17) is 14.2 Å². The average Bonchev–Trinajstić information content (AvgIpc) is 2.69. The molecule has 32 heavy (non-hydrogen) atoms. The summed E-state index contributed by atoms with van der Waals surface area (Å²) in [5.41, 5.74) is 0.866. The maximum absolute atomic E-state index is 12.2. The van der Waals surface area contributed by atoms with Gasteiger partial charge in [0.2, 0.25) is 0 Å². The van der Waals surface area contributed by atoms with E-state index in [0.717, 1.165) is 0 Å². The summed E-state index contributed by atoms with van der Waals surface area (Å²) in [4.78, 5) is 24.2. The van der Waals surface area contributed by atoms with Gasteiger partial charge in [0.1, 0.15) is 6.10 Å². The van der Waals surface area contributed by atoms with E-state index >= 15 is 0 Å². The summed E-state index contributed by atoms with van der Waals surface area (Å²) >= 11 is 0. The first-order valence-corrected chi connectivity index (χ1v) is 11.3. The Kier molecular flexibility index (Phi) is 6.92. The summed E-state index contributed by atoms with van der Waals surface area (Å²) in [6.07, 6.45) is -2.35. The van der Waals surface area contributed by atoms with Crippen molar-refractivity contribution in [3.8, 4) is 0 Å². The first kappa shape index (κ1) is 24.9. The Morgan fingerprint density at radius 1 is 1.16 bits per heavy atom. The molecular formula is C24H36O8. The highest BCUT2D eigenvalue weighted by atomic mass is 16.6. The highest BCUT2D eigenvalue weighted by Gasteiger charge is 2.61. The van der Waals surface area contributed by atoms with Crippen LogP contribution in [0.5, 0.6) is 0 Å². The van der Waals surface area contributed by atoms with Crippen LogP contribution in [0.3, 0.4) is 0 Å². The number of carbonyl (C=O) groups excluding carboxylic acids is 2. The summed E-state index contributed by atoms with van der Waals surface area (Å²) < 4.78 is 17.3. The Morgan fingerprint density at radius 3 is 2.38 bits per heavy atom. The highest BCUT2D eigenvalue weighted by molar-refractivity contribution is 5.68. The molecular weight excluding hydrogens is 416 g/mol. The van der Waals surface area contributed by atoms with Gasteiger partial charge >= 0.3 is 11.9 Å². The molecule has 3 N–H and O–H groups in total. The number of carbonyl (C=O) groups is 2. The van der Waals surface area contributed by atoms with Crippen molar-refractivity contribution >= 4 is 11.9 Å². The lowest BCUT2D eigenvalue weighted by Gasteiger charge is -2.58. The molecule has 180 valence electrons. The largest absolute Gasteiger partial charge is 0.458 e. The first-order chi connectivity index (χ1) is 14.8. The van der Waals surface area contributed by atoms with Crippen LogP contribution in [0.4, 0.5) is 0 Å². The molecule has 0 spiro atoms. The number of fused-ring (bicyclic) bond motifs is 1. The van der Waals surface area contributed by atoms with Gasteiger partial charge in [-0.25, -0.2) is 0 Å². The van der Waals surface area contributed by atoms with Crippen LogP contribution in [0.25, 0.3) is 0 Å². The van der Waals surface area contributed by atoms with E-state index in [1.807, 2.05) is 13.8 Å². The van der Waals surface area contributed by atoms with Crippen LogP contribution in [0, 0.1) is 17.3 Å². The molecule has 4 aliphatic rings. The van der Waals surface area contributed by atoms with Crippen molar-refractivity contribution in [1.82, 2.24) is 0 Å². The van der Waals surface area contributed by atoms with Crippen LogP contribution in [0.2, 0.25) is 0 Å². The van der Waals surface area contributed by atoms with Crippen molar-refractivity contribution in [3.63, 3.8) is 0 Å². The van der Waals surface area contributed by atoms with Gasteiger partial charge in [0.25, 0.3) is 0 Å². The SMILES string of the molecule is C=C1C[C@H](O)[C@@H]2C[C@]3(O)OC[C@@]2(C)C(=C3C)[C@@H](OC(C)=O)[C@H](OC(C)=O)C(C)CC[C@@H]1O. The molecule has 2 aliphatic carbocycles. The second-order valence-corrected chi connectivity index (χ2v) is 9.94. The van der Waals surface area contributed by atoms with Gasteiger partial charge in [-0.2, -0.15) is 0 Å². The molecule has 8 atom stereocenters. The third kappa shape index (κ3) is 4.38. The molecule has 2 aliphatic heterocycles. The molecule has 2 heterocycles. The fraction of sp³-hybridized carbons (Fsp3) is 0.750. The standard InChI is InChI=1S/C24H36O8/c1-12-7-8-18(27)13(2)9-19(28)17-10-24(29)14(3)20(23(17,6)11-30-24)22(32-16(5)26)21(12)31-15(4)25/h12,17-19,21-22,27-29H,2,7-11H2,1,3-6H3/t12?,17-,18-,19-,21+,22+,23+,24-/m0/s1. The van der Waals surface area contributed by atoms with Gasteiger partial charge in [0.15, 0.2) is 11.9 Å². The molecule has 0 amide bonds. The molecule has 0 aromatic heterocycles. The van der Waals surface area contributed by atoms with E-state index in [1.54, 1.807) is 6.92 Å². The number of ether oxygens (including phenoxy) is 3. The van der Waals surface area contributed by atoms with E-state index in [-0.39, 0.29) is 25.4 Å². The molecule has 1 saturated carbocycles. The molecule has 2 fully saturated rings. The Hall–Kier alpha value is -1.74. The minimum atomic E-state index is -1.63. The summed E-state index contributed by atoms with van der Waals surface area (Å²) in [5.74, 6) is -3.42. The van der Waals surface area contributed by atoms with Gasteiger partial charge in [-0.3, -0.25) is 9.59 Å². The van der Waals surface area contributed by atoms with Gasteiger partial charge in [-0.1, -0.05) is 20.4 Å². The highest BCUT2D eigenvalue weighted by Crippen LogP contribution is 2.58. The molecule has 1 saturated heterocycles. The fourth-order valence-electron chi connectivity index (χ4n) is 5.71. The molecule has 0 aromatic carbocycles. The van der Waals surface area contributed by atoms with Crippen LogP contribution in [0.1, 0.15) is 60.3 Å². The molecule has 8 nitrogen and oxygen atoms in total. The van der Waals surface area contributed by atoms with E-state index < -0.39 is 53.5 Å². The van der Waals surface area contributed by atoms with E-state index in [2.05, 4.69) is 6.58 Å². The van der Waals surface area contributed by atoms with Gasteiger partial charge in [0.05, 0.1) is 18.8 Å². The zero-order valence-electron chi connectivity index (χ0n) is 19.6. The molecule has 8 heteroatoms. The smallest absolute Gasteiger partial charge is 0.303 e. The van der Waals surface area contributed by atoms with Crippen molar-refractivity contribution in [1.29, 1.82) is 0 Å². The van der Waals surface area contributed by atoms with E-state index in [1.165, 1.54) is 13.8 Å². The van der Waals surface area contributed by atoms with Crippen molar-refractivity contribution in [2.24, 2.45) is 17.3 Å². The zero-order chi connectivity index (χ0) is 24.0. The number of hydrogen-bond acceptors (Lipinski definition) is 8. The molecule has 0 radical (unpaired) electrons. The zero-order valence-corrected chi connectivity index (χ0v) is 19.6. The van der Waals surface area contributed by atoms with Crippen LogP contribution in [0.15, 0.2) is 23.3 Å².